The minimum absolute atomic E-state index is 0.456. The quantitative estimate of drug-likeness (QED) is 0.515. The van der Waals surface area contributed by atoms with Gasteiger partial charge in [-0.15, -0.1) is 0 Å². The van der Waals surface area contributed by atoms with E-state index in [0.29, 0.717) is 10.7 Å². The van der Waals surface area contributed by atoms with E-state index in [0.717, 1.165) is 0 Å². The summed E-state index contributed by atoms with van der Waals surface area (Å²) in [4.78, 5) is 3.73. The zero-order valence-corrected chi connectivity index (χ0v) is 4.89. The van der Waals surface area contributed by atoms with Gasteiger partial charge in [0.15, 0.2) is 0 Å². The predicted molar refractivity (Wildman–Crippen MR) is 32.6 cm³/mol. The molecule has 0 saturated heterocycles. The van der Waals surface area contributed by atoms with E-state index in [1.165, 1.54) is 0 Å². The van der Waals surface area contributed by atoms with Gasteiger partial charge in [0, 0.05) is 23.8 Å². The molecular weight excluding hydrogens is 122 g/mol. The summed E-state index contributed by atoms with van der Waals surface area (Å²) in [5.74, 6) is 0. The van der Waals surface area contributed by atoms with Crippen LogP contribution in [0.25, 0.3) is 0 Å². The Kier molecular flexibility index (Phi) is 1.49. The number of hydrogen-bond acceptors (Lipinski definition) is 1. The van der Waals surface area contributed by atoms with E-state index < -0.39 is 0 Å². The minimum atomic E-state index is 0.456. The summed E-state index contributed by atoms with van der Waals surface area (Å²) in [7, 11) is 0. The number of pyridine rings is 1. The van der Waals surface area contributed by atoms with Crippen molar-refractivity contribution in [2.24, 2.45) is 0 Å². The first kappa shape index (κ1) is 5.57. The van der Waals surface area contributed by atoms with Crippen LogP contribution in [0, 0.1) is 6.92 Å². The first-order valence-corrected chi connectivity index (χ1v) is 2.54. The summed E-state index contributed by atoms with van der Waals surface area (Å²) >= 11 is 5.52. The molecule has 0 aliphatic rings. The minimum Gasteiger partial charge on any atom is -0.261 e. The van der Waals surface area contributed by atoms with Gasteiger partial charge < -0.3 is 0 Å². The Labute approximate surface area is 53.3 Å². The molecule has 0 bridgehead atoms. The van der Waals surface area contributed by atoms with Crippen molar-refractivity contribution in [2.45, 2.75) is 0 Å². The van der Waals surface area contributed by atoms with Crippen LogP contribution in [0.2, 0.25) is 5.02 Å². The maximum Gasteiger partial charge on any atom is 0.0463 e. The summed E-state index contributed by atoms with van der Waals surface area (Å²) in [5.41, 5.74) is 0.456. The lowest BCUT2D eigenvalue weighted by Crippen LogP contribution is -1.75. The number of nitrogens with zero attached hydrogens (tertiary/aromatic N) is 1. The second kappa shape index (κ2) is 2.14. The lowest BCUT2D eigenvalue weighted by atomic mass is 10.4. The SMILES string of the molecule is [CH]c1cc(Cl)ccn1. The maximum absolute atomic E-state index is 5.52. The smallest absolute Gasteiger partial charge is 0.0463 e. The number of rotatable bonds is 0. The van der Waals surface area contributed by atoms with E-state index in [9.17, 15) is 0 Å². The Hall–Kier alpha value is -0.560. The molecule has 0 aromatic carbocycles. The molecule has 0 amide bonds. The molecule has 0 spiro atoms. The third-order valence-corrected chi connectivity index (χ3v) is 0.978. The second-order valence-electron chi connectivity index (χ2n) is 1.40. The standard InChI is InChI=1S/C6H4ClN/c1-5-4-6(7)2-3-8-5/h1-4H. The molecule has 1 heterocycles. The first-order chi connectivity index (χ1) is 3.79. The fourth-order valence-corrected chi connectivity index (χ4v) is 0.589. The van der Waals surface area contributed by atoms with Crippen molar-refractivity contribution >= 4 is 11.6 Å². The molecule has 0 aliphatic heterocycles. The Morgan fingerprint density at radius 1 is 1.62 bits per heavy atom. The van der Waals surface area contributed by atoms with E-state index in [1.807, 2.05) is 0 Å². The van der Waals surface area contributed by atoms with Crippen molar-refractivity contribution < 1.29 is 0 Å². The molecule has 1 aromatic rings. The van der Waals surface area contributed by atoms with Crippen molar-refractivity contribution in [2.75, 3.05) is 0 Å². The van der Waals surface area contributed by atoms with Gasteiger partial charge in [-0.05, 0) is 12.1 Å². The highest BCUT2D eigenvalue weighted by atomic mass is 35.5. The summed E-state index contributed by atoms with van der Waals surface area (Å²) in [5, 5.41) is 0.623. The van der Waals surface area contributed by atoms with E-state index in [2.05, 4.69) is 4.98 Å². The van der Waals surface area contributed by atoms with Crippen LogP contribution in [-0.2, 0) is 0 Å². The molecule has 0 N–H and O–H groups in total. The van der Waals surface area contributed by atoms with Crippen LogP contribution in [0.15, 0.2) is 18.3 Å². The van der Waals surface area contributed by atoms with Crippen LogP contribution in [-0.4, -0.2) is 4.98 Å². The normalized spacial score (nSPS) is 9.25. The maximum atomic E-state index is 5.52. The summed E-state index contributed by atoms with van der Waals surface area (Å²) in [6, 6.07) is 3.28. The first-order valence-electron chi connectivity index (χ1n) is 2.16. The molecule has 1 aromatic heterocycles. The monoisotopic (exact) mass is 125 g/mol. The molecule has 2 radical (unpaired) electrons. The molecule has 0 aliphatic carbocycles. The van der Waals surface area contributed by atoms with Crippen LogP contribution in [0.1, 0.15) is 5.69 Å². The predicted octanol–water partition coefficient (Wildman–Crippen LogP) is 1.79. The van der Waals surface area contributed by atoms with E-state index in [4.69, 9.17) is 18.5 Å². The molecule has 0 atom stereocenters. The number of hydrogen-bond donors (Lipinski definition) is 0. The summed E-state index contributed by atoms with van der Waals surface area (Å²) in [6.45, 7) is 5.26. The highest BCUT2D eigenvalue weighted by Crippen LogP contribution is 2.05. The van der Waals surface area contributed by atoms with Crippen LogP contribution >= 0.6 is 11.6 Å². The fourth-order valence-electron chi connectivity index (χ4n) is 0.421. The third-order valence-electron chi connectivity index (χ3n) is 0.743. The zero-order chi connectivity index (χ0) is 5.98. The molecule has 1 nitrogen and oxygen atoms in total. The molecule has 0 unspecified atom stereocenters. The lowest BCUT2D eigenvalue weighted by molar-refractivity contribution is 1.27. The Morgan fingerprint density at radius 2 is 2.38 bits per heavy atom. The van der Waals surface area contributed by atoms with Crippen molar-refractivity contribution in [3.05, 3.63) is 36.0 Å². The van der Waals surface area contributed by atoms with Crippen LogP contribution < -0.4 is 0 Å². The molecule has 1 rings (SSSR count). The Bertz CT molecular complexity index is 168. The van der Waals surface area contributed by atoms with Crippen LogP contribution in [0.5, 0.6) is 0 Å². The van der Waals surface area contributed by atoms with Gasteiger partial charge in [-0.25, -0.2) is 0 Å². The van der Waals surface area contributed by atoms with Crippen molar-refractivity contribution in [1.82, 2.24) is 4.98 Å². The molecule has 2 heteroatoms. The lowest BCUT2D eigenvalue weighted by Gasteiger charge is -1.87. The van der Waals surface area contributed by atoms with Gasteiger partial charge in [0.2, 0.25) is 0 Å². The second-order valence-corrected chi connectivity index (χ2v) is 1.84. The molecule has 40 valence electrons. The average molecular weight is 126 g/mol. The van der Waals surface area contributed by atoms with Gasteiger partial charge in [-0.1, -0.05) is 11.6 Å². The third kappa shape index (κ3) is 1.20. The zero-order valence-electron chi connectivity index (χ0n) is 4.13. The van der Waals surface area contributed by atoms with Gasteiger partial charge in [0.25, 0.3) is 0 Å². The van der Waals surface area contributed by atoms with E-state index in [-0.39, 0.29) is 0 Å². The van der Waals surface area contributed by atoms with Crippen LogP contribution in [0.4, 0.5) is 0 Å². The van der Waals surface area contributed by atoms with E-state index >= 15 is 0 Å². The average Bonchev–Trinajstić information content (AvgIpc) is 1.64. The molecule has 0 fully saturated rings. The van der Waals surface area contributed by atoms with Crippen LogP contribution in [0.3, 0.4) is 0 Å². The van der Waals surface area contributed by atoms with Gasteiger partial charge in [0.05, 0.1) is 0 Å². The summed E-state index contributed by atoms with van der Waals surface area (Å²) < 4.78 is 0. The Balaban J connectivity index is 3.08. The van der Waals surface area contributed by atoms with Gasteiger partial charge in [-0.3, -0.25) is 4.98 Å². The largest absolute Gasteiger partial charge is 0.261 e. The van der Waals surface area contributed by atoms with E-state index in [1.54, 1.807) is 18.3 Å². The molecule has 8 heavy (non-hydrogen) atoms. The number of halogens is 1. The van der Waals surface area contributed by atoms with Gasteiger partial charge >= 0.3 is 0 Å². The highest BCUT2D eigenvalue weighted by Gasteiger charge is 1.84. The van der Waals surface area contributed by atoms with Gasteiger partial charge in [0.1, 0.15) is 0 Å². The van der Waals surface area contributed by atoms with Crippen molar-refractivity contribution in [3.8, 4) is 0 Å². The van der Waals surface area contributed by atoms with Crippen molar-refractivity contribution in [1.29, 1.82) is 0 Å². The van der Waals surface area contributed by atoms with Gasteiger partial charge in [-0.2, -0.15) is 0 Å². The molecule has 0 saturated carbocycles. The summed E-state index contributed by atoms with van der Waals surface area (Å²) in [6.07, 6.45) is 1.57. The topological polar surface area (TPSA) is 12.9 Å². The number of aromatic nitrogens is 1. The fraction of sp³-hybridized carbons (Fsp3) is 0. The highest BCUT2D eigenvalue weighted by molar-refractivity contribution is 6.30. The Morgan fingerprint density at radius 3 is 2.75 bits per heavy atom. The van der Waals surface area contributed by atoms with Crippen molar-refractivity contribution in [3.63, 3.8) is 0 Å². The molecular formula is C6H4ClN.